The Labute approximate surface area is 173 Å². The number of anilines is 1. The van der Waals surface area contributed by atoms with Crippen LogP contribution < -0.4 is 4.31 Å². The van der Waals surface area contributed by atoms with Crippen molar-refractivity contribution in [2.24, 2.45) is 0 Å². The highest BCUT2D eigenvalue weighted by atomic mass is 32.2. The zero-order chi connectivity index (χ0) is 20.6. The molecule has 0 saturated carbocycles. The van der Waals surface area contributed by atoms with E-state index >= 15 is 0 Å². The van der Waals surface area contributed by atoms with E-state index in [4.69, 9.17) is 4.74 Å². The molecule has 8 heteroatoms. The van der Waals surface area contributed by atoms with Crippen LogP contribution >= 0.6 is 11.3 Å². The van der Waals surface area contributed by atoms with Crippen LogP contribution in [0.3, 0.4) is 0 Å². The number of aryl methyl sites for hydroxylation is 1. The molecule has 0 bridgehead atoms. The largest absolute Gasteiger partial charge is 0.462 e. The molecule has 0 fully saturated rings. The topological polar surface area (TPSA) is 76.6 Å². The van der Waals surface area contributed by atoms with Crippen LogP contribution in [-0.2, 0) is 21.2 Å². The Morgan fingerprint density at radius 1 is 1.24 bits per heavy atom. The third kappa shape index (κ3) is 3.54. The van der Waals surface area contributed by atoms with Gasteiger partial charge in [0.05, 0.1) is 17.2 Å². The Bertz CT molecular complexity index is 1170. The van der Waals surface area contributed by atoms with Crippen LogP contribution in [0.1, 0.15) is 27.7 Å². The van der Waals surface area contributed by atoms with Gasteiger partial charge in [-0.1, -0.05) is 17.7 Å². The van der Waals surface area contributed by atoms with Gasteiger partial charge in [-0.25, -0.2) is 13.2 Å². The minimum atomic E-state index is -3.73. The summed E-state index contributed by atoms with van der Waals surface area (Å²) in [5.41, 5.74) is 3.19. The predicted octanol–water partition coefficient (Wildman–Crippen LogP) is 4.05. The first-order valence-corrected chi connectivity index (χ1v) is 11.5. The number of carbonyl (C=O) groups excluding carboxylic acids is 1. The molecule has 0 N–H and O–H groups in total. The van der Waals surface area contributed by atoms with Gasteiger partial charge in [0.2, 0.25) is 0 Å². The lowest BCUT2D eigenvalue weighted by atomic mass is 10.1. The van der Waals surface area contributed by atoms with Gasteiger partial charge in [0, 0.05) is 29.4 Å². The Hall–Kier alpha value is -2.71. The SMILES string of the molecule is CCOC(=O)c1cc2c(s1)-c1cnccc1N(S(=O)(=O)c1ccc(C)cc1)CC2. The Kier molecular flexibility index (Phi) is 5.14. The highest BCUT2D eigenvalue weighted by molar-refractivity contribution is 7.92. The molecule has 0 atom stereocenters. The average molecular weight is 429 g/mol. The summed E-state index contributed by atoms with van der Waals surface area (Å²) in [5, 5.41) is 0. The second-order valence-corrected chi connectivity index (χ2v) is 9.63. The molecule has 0 spiro atoms. The number of pyridine rings is 1. The van der Waals surface area contributed by atoms with Crippen molar-refractivity contribution in [3.05, 3.63) is 64.8 Å². The van der Waals surface area contributed by atoms with Crippen molar-refractivity contribution in [3.8, 4) is 10.4 Å². The first-order chi connectivity index (χ1) is 13.9. The van der Waals surface area contributed by atoms with Crippen LogP contribution in [0.25, 0.3) is 10.4 Å². The van der Waals surface area contributed by atoms with E-state index in [0.717, 1.165) is 16.0 Å². The van der Waals surface area contributed by atoms with Gasteiger partial charge in [0.1, 0.15) is 4.88 Å². The number of sulfonamides is 1. The van der Waals surface area contributed by atoms with Crippen LogP contribution in [0.5, 0.6) is 0 Å². The van der Waals surface area contributed by atoms with E-state index in [-0.39, 0.29) is 17.4 Å². The first-order valence-electron chi connectivity index (χ1n) is 9.25. The summed E-state index contributed by atoms with van der Waals surface area (Å²) < 4.78 is 33.3. The summed E-state index contributed by atoms with van der Waals surface area (Å²) in [6, 6.07) is 10.4. The number of rotatable bonds is 4. The smallest absolute Gasteiger partial charge is 0.348 e. The van der Waals surface area contributed by atoms with Gasteiger partial charge in [0.25, 0.3) is 10.0 Å². The number of esters is 1. The van der Waals surface area contributed by atoms with E-state index in [9.17, 15) is 13.2 Å². The Morgan fingerprint density at radius 3 is 2.72 bits per heavy atom. The van der Waals surface area contributed by atoms with Crippen LogP contribution in [-0.4, -0.2) is 32.5 Å². The number of fused-ring (bicyclic) bond motifs is 3. The van der Waals surface area contributed by atoms with Gasteiger partial charge < -0.3 is 4.74 Å². The molecule has 3 heterocycles. The number of ether oxygens (including phenoxy) is 1. The molecule has 150 valence electrons. The molecule has 0 unspecified atom stereocenters. The molecule has 1 aliphatic rings. The lowest BCUT2D eigenvalue weighted by Gasteiger charge is -2.24. The summed E-state index contributed by atoms with van der Waals surface area (Å²) in [6.07, 6.45) is 3.73. The van der Waals surface area contributed by atoms with Gasteiger partial charge in [-0.3, -0.25) is 9.29 Å². The monoisotopic (exact) mass is 428 g/mol. The maximum atomic E-state index is 13.4. The lowest BCUT2D eigenvalue weighted by molar-refractivity contribution is 0.0532. The first kappa shape index (κ1) is 19.6. The summed E-state index contributed by atoms with van der Waals surface area (Å²) in [7, 11) is -3.73. The normalized spacial score (nSPS) is 13.4. The van der Waals surface area contributed by atoms with E-state index < -0.39 is 10.0 Å². The van der Waals surface area contributed by atoms with Crippen LogP contribution in [0.4, 0.5) is 5.69 Å². The summed E-state index contributed by atoms with van der Waals surface area (Å²) in [4.78, 5) is 18.0. The summed E-state index contributed by atoms with van der Waals surface area (Å²) >= 11 is 1.31. The molecule has 0 saturated heterocycles. The van der Waals surface area contributed by atoms with E-state index in [1.807, 2.05) is 6.92 Å². The molecular formula is C21H20N2O4S2. The van der Waals surface area contributed by atoms with E-state index in [0.29, 0.717) is 29.2 Å². The van der Waals surface area contributed by atoms with E-state index in [1.54, 1.807) is 55.7 Å². The van der Waals surface area contributed by atoms with E-state index in [1.165, 1.54) is 15.6 Å². The van der Waals surface area contributed by atoms with Crippen molar-refractivity contribution in [1.82, 2.24) is 4.98 Å². The molecule has 2 aromatic heterocycles. The van der Waals surface area contributed by atoms with Crippen LogP contribution in [0.2, 0.25) is 0 Å². The molecule has 0 aliphatic carbocycles. The molecule has 1 aliphatic heterocycles. The van der Waals surface area contributed by atoms with Gasteiger partial charge >= 0.3 is 5.97 Å². The Balaban J connectivity index is 1.81. The minimum Gasteiger partial charge on any atom is -0.462 e. The van der Waals surface area contributed by atoms with Gasteiger partial charge in [0.15, 0.2) is 0 Å². The van der Waals surface area contributed by atoms with E-state index in [2.05, 4.69) is 4.98 Å². The van der Waals surface area contributed by atoms with Gasteiger partial charge in [-0.05, 0) is 50.1 Å². The number of benzene rings is 1. The molecule has 29 heavy (non-hydrogen) atoms. The number of hydrogen-bond acceptors (Lipinski definition) is 6. The number of aromatic nitrogens is 1. The Morgan fingerprint density at radius 2 is 2.00 bits per heavy atom. The van der Waals surface area contributed by atoms with Crippen molar-refractivity contribution in [2.45, 2.75) is 25.2 Å². The third-order valence-electron chi connectivity index (χ3n) is 4.79. The van der Waals surface area contributed by atoms with Crippen LogP contribution in [0, 0.1) is 6.92 Å². The van der Waals surface area contributed by atoms with Crippen molar-refractivity contribution in [2.75, 3.05) is 17.5 Å². The molecule has 0 amide bonds. The van der Waals surface area contributed by atoms with Gasteiger partial charge in [-0.2, -0.15) is 0 Å². The molecule has 3 aromatic rings. The fourth-order valence-corrected chi connectivity index (χ4v) is 5.96. The fourth-order valence-electron chi connectivity index (χ4n) is 3.35. The second kappa shape index (κ2) is 7.61. The zero-order valence-electron chi connectivity index (χ0n) is 16.1. The predicted molar refractivity (Wildman–Crippen MR) is 113 cm³/mol. The lowest BCUT2D eigenvalue weighted by Crippen LogP contribution is -2.32. The number of hydrogen-bond donors (Lipinski definition) is 0. The maximum Gasteiger partial charge on any atom is 0.348 e. The zero-order valence-corrected chi connectivity index (χ0v) is 17.7. The van der Waals surface area contributed by atoms with Crippen molar-refractivity contribution in [3.63, 3.8) is 0 Å². The highest BCUT2D eigenvalue weighted by Crippen LogP contribution is 2.42. The van der Waals surface area contributed by atoms with Crippen molar-refractivity contribution < 1.29 is 17.9 Å². The minimum absolute atomic E-state index is 0.253. The number of nitrogens with zero attached hydrogens (tertiary/aromatic N) is 2. The molecule has 4 rings (SSSR count). The third-order valence-corrected chi connectivity index (χ3v) is 7.81. The standard InChI is InChI=1S/C21H20N2O4S2/c1-3-27-21(24)19-12-15-9-11-23(18-8-10-22-13-17(18)20(15)28-19)29(25,26)16-6-4-14(2)5-7-16/h4-8,10,12-13H,3,9,11H2,1-2H3. The summed E-state index contributed by atoms with van der Waals surface area (Å²) in [5.74, 6) is -0.361. The fraction of sp³-hybridized carbons (Fsp3) is 0.238. The molecule has 0 radical (unpaired) electrons. The average Bonchev–Trinajstić information content (AvgIpc) is 3.06. The highest BCUT2D eigenvalue weighted by Gasteiger charge is 2.31. The molecule has 6 nitrogen and oxygen atoms in total. The molecule has 1 aromatic carbocycles. The summed E-state index contributed by atoms with van der Waals surface area (Å²) in [6.45, 7) is 4.27. The number of carbonyl (C=O) groups is 1. The molecular weight excluding hydrogens is 408 g/mol. The number of thiophene rings is 1. The van der Waals surface area contributed by atoms with Crippen molar-refractivity contribution >= 4 is 33.0 Å². The van der Waals surface area contributed by atoms with Gasteiger partial charge in [-0.15, -0.1) is 11.3 Å². The maximum absolute atomic E-state index is 13.4. The quantitative estimate of drug-likeness (QED) is 0.586. The van der Waals surface area contributed by atoms with Crippen LogP contribution in [0.15, 0.2) is 53.7 Å². The van der Waals surface area contributed by atoms with Crippen molar-refractivity contribution in [1.29, 1.82) is 0 Å². The second-order valence-electron chi connectivity index (χ2n) is 6.72.